The van der Waals surface area contributed by atoms with Crippen LogP contribution in [0, 0.1) is 6.92 Å². The predicted molar refractivity (Wildman–Crippen MR) is 40.1 cm³/mol. The smallest absolute Gasteiger partial charge is 0.272 e. The molecule has 1 aromatic rings. The molecule has 1 aromatic heterocycles. The van der Waals surface area contributed by atoms with E-state index >= 15 is 0 Å². The minimum absolute atomic E-state index is 0.226. The Morgan fingerprint density at radius 2 is 2.36 bits per heavy atom. The lowest BCUT2D eigenvalue weighted by Gasteiger charge is -2.00. The largest absolute Gasteiger partial charge is 0.391 e. The molecule has 0 bridgehead atoms. The van der Waals surface area contributed by atoms with Crippen molar-refractivity contribution in [1.82, 2.24) is 9.78 Å². The Kier molecular flexibility index (Phi) is 2.05. The van der Waals surface area contributed by atoms with Crippen molar-refractivity contribution in [3.63, 3.8) is 0 Å². The minimum Gasteiger partial charge on any atom is -0.391 e. The number of nitrogens with zero attached hydrogens (tertiary/aromatic N) is 2. The fraction of sp³-hybridized carbons (Fsp3) is 0.429. The van der Waals surface area contributed by atoms with Crippen molar-refractivity contribution in [2.75, 3.05) is 0 Å². The Morgan fingerprint density at radius 1 is 1.73 bits per heavy atom. The van der Waals surface area contributed by atoms with Gasteiger partial charge in [0.15, 0.2) is 0 Å². The molecule has 0 radical (unpaired) electrons. The van der Waals surface area contributed by atoms with Crippen molar-refractivity contribution in [3.05, 3.63) is 27.7 Å². The Morgan fingerprint density at radius 3 is 2.91 bits per heavy atom. The quantitative estimate of drug-likeness (QED) is 0.597. The highest BCUT2D eigenvalue weighted by molar-refractivity contribution is 5.10. The molecule has 0 spiro atoms. The summed E-state index contributed by atoms with van der Waals surface area (Å²) in [7, 11) is 1.56. The van der Waals surface area contributed by atoms with E-state index in [9.17, 15) is 4.79 Å². The van der Waals surface area contributed by atoms with Crippen LogP contribution in [-0.2, 0) is 13.7 Å². The van der Waals surface area contributed by atoms with Crippen LogP contribution >= 0.6 is 0 Å². The van der Waals surface area contributed by atoms with Crippen LogP contribution in [0.2, 0.25) is 0 Å². The van der Waals surface area contributed by atoms with Crippen LogP contribution in [0.3, 0.4) is 0 Å². The monoisotopic (exact) mass is 154 g/mol. The zero-order valence-corrected chi connectivity index (χ0v) is 6.53. The first-order chi connectivity index (χ1) is 5.15. The van der Waals surface area contributed by atoms with Gasteiger partial charge in [-0.25, -0.2) is 4.68 Å². The molecule has 1 N–H and O–H groups in total. The highest BCUT2D eigenvalue weighted by Crippen LogP contribution is 1.92. The third kappa shape index (κ3) is 1.46. The number of hydrogen-bond acceptors (Lipinski definition) is 3. The third-order valence-corrected chi connectivity index (χ3v) is 1.43. The van der Waals surface area contributed by atoms with Gasteiger partial charge in [0.25, 0.3) is 5.56 Å². The summed E-state index contributed by atoms with van der Waals surface area (Å²) in [5.41, 5.74) is 0.884. The van der Waals surface area contributed by atoms with E-state index in [1.807, 2.05) is 0 Å². The Balaban J connectivity index is 3.37. The van der Waals surface area contributed by atoms with Gasteiger partial charge in [0, 0.05) is 12.6 Å². The maximum atomic E-state index is 11.1. The summed E-state index contributed by atoms with van der Waals surface area (Å²) in [5.74, 6) is 0. The number of aliphatic hydroxyl groups is 1. The van der Waals surface area contributed by atoms with E-state index < -0.39 is 0 Å². The zero-order chi connectivity index (χ0) is 8.43. The fourth-order valence-corrected chi connectivity index (χ4v) is 0.946. The van der Waals surface area contributed by atoms with Crippen molar-refractivity contribution in [2.45, 2.75) is 13.5 Å². The van der Waals surface area contributed by atoms with Gasteiger partial charge < -0.3 is 5.11 Å². The summed E-state index contributed by atoms with van der Waals surface area (Å²) in [6.07, 6.45) is 0. The van der Waals surface area contributed by atoms with Gasteiger partial charge in [-0.05, 0) is 13.0 Å². The highest BCUT2D eigenvalue weighted by Gasteiger charge is 2.00. The molecule has 0 unspecified atom stereocenters. The molecule has 0 amide bonds. The number of aliphatic hydroxyl groups excluding tert-OH is 1. The fourth-order valence-electron chi connectivity index (χ4n) is 0.946. The normalized spacial score (nSPS) is 10.1. The third-order valence-electron chi connectivity index (χ3n) is 1.43. The van der Waals surface area contributed by atoms with E-state index in [4.69, 9.17) is 5.11 Å². The van der Waals surface area contributed by atoms with Gasteiger partial charge >= 0.3 is 0 Å². The second-order valence-corrected chi connectivity index (χ2v) is 2.40. The van der Waals surface area contributed by atoms with E-state index in [2.05, 4.69) is 5.10 Å². The van der Waals surface area contributed by atoms with Crippen LogP contribution in [-0.4, -0.2) is 14.9 Å². The van der Waals surface area contributed by atoms with E-state index in [1.165, 1.54) is 4.68 Å². The summed E-state index contributed by atoms with van der Waals surface area (Å²) in [4.78, 5) is 11.1. The SMILES string of the molecule is Cc1cc(CO)c(=O)n(C)n1. The predicted octanol–water partition coefficient (Wildman–Crippen LogP) is -0.419. The Labute approximate surface area is 64.1 Å². The lowest BCUT2D eigenvalue weighted by atomic mass is 10.3. The maximum absolute atomic E-state index is 11.1. The van der Waals surface area contributed by atoms with Gasteiger partial charge in [0.1, 0.15) is 0 Å². The molecule has 1 rings (SSSR count). The Hall–Kier alpha value is -1.16. The first-order valence-corrected chi connectivity index (χ1v) is 3.30. The molecule has 0 fully saturated rings. The lowest BCUT2D eigenvalue weighted by molar-refractivity contribution is 0.278. The number of rotatable bonds is 1. The summed E-state index contributed by atoms with van der Waals surface area (Å²) in [6.45, 7) is 1.55. The number of aromatic nitrogens is 2. The van der Waals surface area contributed by atoms with Crippen molar-refractivity contribution in [3.8, 4) is 0 Å². The van der Waals surface area contributed by atoms with Crippen LogP contribution < -0.4 is 5.56 Å². The molecule has 0 saturated heterocycles. The lowest BCUT2D eigenvalue weighted by Crippen LogP contribution is -2.23. The molecular formula is C7H10N2O2. The molecule has 11 heavy (non-hydrogen) atoms. The molecular weight excluding hydrogens is 144 g/mol. The van der Waals surface area contributed by atoms with Crippen LogP contribution in [0.4, 0.5) is 0 Å². The second-order valence-electron chi connectivity index (χ2n) is 2.40. The molecule has 0 aliphatic rings. The van der Waals surface area contributed by atoms with Gasteiger partial charge in [-0.15, -0.1) is 0 Å². The van der Waals surface area contributed by atoms with E-state index in [-0.39, 0.29) is 12.2 Å². The van der Waals surface area contributed by atoms with Crippen LogP contribution in [0.25, 0.3) is 0 Å². The summed E-state index contributed by atoms with van der Waals surface area (Å²) in [6, 6.07) is 1.59. The topological polar surface area (TPSA) is 55.1 Å². The van der Waals surface area contributed by atoms with E-state index in [0.29, 0.717) is 5.56 Å². The molecule has 0 aromatic carbocycles. The van der Waals surface area contributed by atoms with Gasteiger partial charge in [0.05, 0.1) is 12.3 Å². The Bertz CT molecular complexity index is 317. The average Bonchev–Trinajstić information content (AvgIpc) is 1.96. The van der Waals surface area contributed by atoms with Crippen LogP contribution in [0.15, 0.2) is 10.9 Å². The molecule has 4 heteroatoms. The van der Waals surface area contributed by atoms with Crippen molar-refractivity contribution in [1.29, 1.82) is 0 Å². The standard InChI is InChI=1S/C7H10N2O2/c1-5-3-6(4-10)7(11)9(2)8-5/h3,10H,4H2,1-2H3. The summed E-state index contributed by atoms with van der Waals surface area (Å²) >= 11 is 0. The highest BCUT2D eigenvalue weighted by atomic mass is 16.3. The molecule has 1 heterocycles. The van der Waals surface area contributed by atoms with Crippen molar-refractivity contribution < 1.29 is 5.11 Å². The first-order valence-electron chi connectivity index (χ1n) is 3.30. The van der Waals surface area contributed by atoms with Crippen LogP contribution in [0.1, 0.15) is 11.3 Å². The van der Waals surface area contributed by atoms with Crippen molar-refractivity contribution in [2.24, 2.45) is 7.05 Å². The maximum Gasteiger partial charge on any atom is 0.272 e. The first kappa shape index (κ1) is 7.94. The van der Waals surface area contributed by atoms with Gasteiger partial charge in [0.2, 0.25) is 0 Å². The zero-order valence-electron chi connectivity index (χ0n) is 6.53. The minimum atomic E-state index is -0.238. The summed E-state index contributed by atoms with van der Waals surface area (Å²) < 4.78 is 1.22. The van der Waals surface area contributed by atoms with Gasteiger partial charge in [-0.2, -0.15) is 5.10 Å². The van der Waals surface area contributed by atoms with Gasteiger partial charge in [-0.3, -0.25) is 4.79 Å². The van der Waals surface area contributed by atoms with Crippen molar-refractivity contribution >= 4 is 0 Å². The summed E-state index contributed by atoms with van der Waals surface area (Å²) in [5, 5.41) is 12.6. The number of hydrogen-bond donors (Lipinski definition) is 1. The average molecular weight is 154 g/mol. The molecule has 0 saturated carbocycles. The molecule has 60 valence electrons. The molecule has 0 aliphatic heterocycles. The van der Waals surface area contributed by atoms with E-state index in [1.54, 1.807) is 20.0 Å². The number of aryl methyl sites for hydroxylation is 2. The van der Waals surface area contributed by atoms with E-state index in [0.717, 1.165) is 5.69 Å². The molecule has 4 nitrogen and oxygen atoms in total. The molecule has 0 atom stereocenters. The second kappa shape index (κ2) is 2.84. The van der Waals surface area contributed by atoms with Gasteiger partial charge in [-0.1, -0.05) is 0 Å². The molecule has 0 aliphatic carbocycles. The van der Waals surface area contributed by atoms with Crippen LogP contribution in [0.5, 0.6) is 0 Å².